The fourth-order valence-corrected chi connectivity index (χ4v) is 3.29. The average Bonchev–Trinajstić information content (AvgIpc) is 2.67. The zero-order valence-corrected chi connectivity index (χ0v) is 16.3. The van der Waals surface area contributed by atoms with Gasteiger partial charge in [-0.15, -0.1) is 0 Å². The maximum absolute atomic E-state index is 12.6. The molecule has 0 fully saturated rings. The molecular formula is C21H19Cl2NO3. The Morgan fingerprint density at radius 2 is 1.85 bits per heavy atom. The highest BCUT2D eigenvalue weighted by atomic mass is 35.5. The van der Waals surface area contributed by atoms with E-state index in [-0.39, 0.29) is 5.91 Å². The van der Waals surface area contributed by atoms with Gasteiger partial charge >= 0.3 is 5.97 Å². The molecule has 1 heterocycles. The predicted molar refractivity (Wildman–Crippen MR) is 107 cm³/mol. The van der Waals surface area contributed by atoms with Gasteiger partial charge in [0.2, 0.25) is 0 Å². The van der Waals surface area contributed by atoms with Crippen molar-refractivity contribution >= 4 is 41.2 Å². The largest absolute Gasteiger partial charge is 0.449 e. The van der Waals surface area contributed by atoms with Crippen LogP contribution in [-0.4, -0.2) is 29.4 Å². The molecule has 0 aliphatic carbocycles. The molecular weight excluding hydrogens is 385 g/mol. The minimum atomic E-state index is -0.846. The standard InChI is InChI=1S/C21H19Cl2NO3/c1-14(21(26)24-11-10-16-4-2-3-5-17(16)13-24)27-20(25)9-7-15-6-8-18(22)19(23)12-15/h2-9,12,14H,10-11,13H2,1H3/b9-7+/t14-/m0/s1. The van der Waals surface area contributed by atoms with Gasteiger partial charge in [-0.2, -0.15) is 0 Å². The molecule has 0 saturated heterocycles. The first-order chi connectivity index (χ1) is 12.9. The van der Waals surface area contributed by atoms with E-state index < -0.39 is 12.1 Å². The smallest absolute Gasteiger partial charge is 0.331 e. The second kappa shape index (κ2) is 8.59. The lowest BCUT2D eigenvalue weighted by atomic mass is 9.99. The van der Waals surface area contributed by atoms with Crippen LogP contribution in [0.4, 0.5) is 0 Å². The molecule has 0 bridgehead atoms. The van der Waals surface area contributed by atoms with Gasteiger partial charge in [-0.05, 0) is 48.2 Å². The highest BCUT2D eigenvalue weighted by Gasteiger charge is 2.26. The van der Waals surface area contributed by atoms with Crippen LogP contribution in [0.15, 0.2) is 48.5 Å². The molecule has 3 rings (SSSR count). The lowest BCUT2D eigenvalue weighted by molar-refractivity contribution is -0.155. The van der Waals surface area contributed by atoms with Gasteiger partial charge in [0.25, 0.3) is 5.91 Å². The Morgan fingerprint density at radius 1 is 1.11 bits per heavy atom. The topological polar surface area (TPSA) is 46.6 Å². The number of rotatable bonds is 4. The third kappa shape index (κ3) is 4.90. The summed E-state index contributed by atoms with van der Waals surface area (Å²) in [5.74, 6) is -0.778. The molecule has 1 amide bonds. The Balaban J connectivity index is 1.57. The summed E-state index contributed by atoms with van der Waals surface area (Å²) in [7, 11) is 0. The number of fused-ring (bicyclic) bond motifs is 1. The summed E-state index contributed by atoms with van der Waals surface area (Å²) in [5.41, 5.74) is 3.11. The quantitative estimate of drug-likeness (QED) is 0.556. The molecule has 1 aliphatic heterocycles. The number of benzene rings is 2. The molecule has 0 spiro atoms. The molecule has 0 aromatic heterocycles. The Bertz CT molecular complexity index is 895. The molecule has 1 aliphatic rings. The van der Waals surface area contributed by atoms with Crippen molar-refractivity contribution in [3.05, 3.63) is 75.3 Å². The van der Waals surface area contributed by atoms with Crippen molar-refractivity contribution in [3.63, 3.8) is 0 Å². The summed E-state index contributed by atoms with van der Waals surface area (Å²) in [6.07, 6.45) is 2.80. The summed E-state index contributed by atoms with van der Waals surface area (Å²) < 4.78 is 5.25. The van der Waals surface area contributed by atoms with Crippen molar-refractivity contribution in [1.29, 1.82) is 0 Å². The van der Waals surface area contributed by atoms with Crippen LogP contribution in [-0.2, 0) is 27.3 Å². The Hall–Kier alpha value is -2.30. The third-order valence-electron chi connectivity index (χ3n) is 4.44. The van der Waals surface area contributed by atoms with E-state index in [9.17, 15) is 9.59 Å². The molecule has 140 valence electrons. The van der Waals surface area contributed by atoms with Crippen molar-refractivity contribution in [2.45, 2.75) is 26.0 Å². The summed E-state index contributed by atoms with van der Waals surface area (Å²) in [6, 6.07) is 13.1. The lowest BCUT2D eigenvalue weighted by Gasteiger charge is -2.30. The van der Waals surface area contributed by atoms with E-state index in [2.05, 4.69) is 6.07 Å². The van der Waals surface area contributed by atoms with E-state index in [1.807, 2.05) is 18.2 Å². The second-order valence-electron chi connectivity index (χ2n) is 6.36. The van der Waals surface area contributed by atoms with Gasteiger partial charge in [-0.25, -0.2) is 4.79 Å². The molecule has 6 heteroatoms. The van der Waals surface area contributed by atoms with Crippen molar-refractivity contribution in [3.8, 4) is 0 Å². The van der Waals surface area contributed by atoms with Crippen LogP contribution >= 0.6 is 23.2 Å². The number of esters is 1. The first-order valence-electron chi connectivity index (χ1n) is 8.63. The Kier molecular flexibility index (Phi) is 6.19. The molecule has 0 saturated carbocycles. The molecule has 2 aromatic rings. The van der Waals surface area contributed by atoms with Gasteiger partial charge in [0, 0.05) is 19.2 Å². The normalized spacial score (nSPS) is 14.7. The first-order valence-corrected chi connectivity index (χ1v) is 9.39. The second-order valence-corrected chi connectivity index (χ2v) is 7.18. The van der Waals surface area contributed by atoms with E-state index in [1.165, 1.54) is 11.6 Å². The molecule has 27 heavy (non-hydrogen) atoms. The minimum absolute atomic E-state index is 0.194. The number of amides is 1. The number of hydrogen-bond acceptors (Lipinski definition) is 3. The summed E-state index contributed by atoms with van der Waals surface area (Å²) in [6.45, 7) is 2.75. The maximum atomic E-state index is 12.6. The van der Waals surface area contributed by atoms with Gasteiger partial charge in [-0.3, -0.25) is 4.79 Å². The van der Waals surface area contributed by atoms with Gasteiger partial charge < -0.3 is 9.64 Å². The van der Waals surface area contributed by atoms with Crippen LogP contribution in [0.5, 0.6) is 0 Å². The van der Waals surface area contributed by atoms with Gasteiger partial charge in [-0.1, -0.05) is 53.5 Å². The highest BCUT2D eigenvalue weighted by Crippen LogP contribution is 2.23. The number of hydrogen-bond donors (Lipinski definition) is 0. The highest BCUT2D eigenvalue weighted by molar-refractivity contribution is 6.42. The molecule has 4 nitrogen and oxygen atoms in total. The predicted octanol–water partition coefficient (Wildman–Crippen LogP) is 4.52. The van der Waals surface area contributed by atoms with E-state index in [0.717, 1.165) is 12.0 Å². The van der Waals surface area contributed by atoms with Crippen LogP contribution in [0.1, 0.15) is 23.6 Å². The van der Waals surface area contributed by atoms with Gasteiger partial charge in [0.15, 0.2) is 6.10 Å². The van der Waals surface area contributed by atoms with E-state index in [0.29, 0.717) is 28.7 Å². The molecule has 2 aromatic carbocycles. The van der Waals surface area contributed by atoms with Crippen LogP contribution in [0, 0.1) is 0 Å². The molecule has 0 unspecified atom stereocenters. The average molecular weight is 404 g/mol. The number of nitrogens with zero attached hydrogens (tertiary/aromatic N) is 1. The van der Waals surface area contributed by atoms with Crippen LogP contribution in [0.2, 0.25) is 10.0 Å². The fourth-order valence-electron chi connectivity index (χ4n) is 2.99. The van der Waals surface area contributed by atoms with Crippen molar-refractivity contribution < 1.29 is 14.3 Å². The molecule has 0 radical (unpaired) electrons. The third-order valence-corrected chi connectivity index (χ3v) is 5.18. The Morgan fingerprint density at radius 3 is 2.59 bits per heavy atom. The molecule has 1 atom stereocenters. The van der Waals surface area contributed by atoms with Crippen molar-refractivity contribution in [1.82, 2.24) is 4.90 Å². The number of ether oxygens (including phenoxy) is 1. The maximum Gasteiger partial charge on any atom is 0.331 e. The summed E-state index contributed by atoms with van der Waals surface area (Å²) in [5, 5.41) is 0.847. The number of carbonyl (C=O) groups is 2. The first kappa shape index (κ1) is 19.5. The fraction of sp³-hybridized carbons (Fsp3) is 0.238. The van der Waals surface area contributed by atoms with E-state index in [1.54, 1.807) is 36.1 Å². The van der Waals surface area contributed by atoms with Gasteiger partial charge in [0.05, 0.1) is 10.0 Å². The van der Waals surface area contributed by atoms with Crippen LogP contribution in [0.3, 0.4) is 0 Å². The lowest BCUT2D eigenvalue weighted by Crippen LogP contribution is -2.42. The van der Waals surface area contributed by atoms with Crippen LogP contribution in [0.25, 0.3) is 6.08 Å². The number of halogens is 2. The van der Waals surface area contributed by atoms with E-state index in [4.69, 9.17) is 27.9 Å². The van der Waals surface area contributed by atoms with Crippen molar-refractivity contribution in [2.75, 3.05) is 6.54 Å². The van der Waals surface area contributed by atoms with E-state index >= 15 is 0 Å². The van der Waals surface area contributed by atoms with Crippen molar-refractivity contribution in [2.24, 2.45) is 0 Å². The summed E-state index contributed by atoms with van der Waals surface area (Å²) >= 11 is 11.8. The summed E-state index contributed by atoms with van der Waals surface area (Å²) in [4.78, 5) is 26.3. The molecule has 0 N–H and O–H groups in total. The van der Waals surface area contributed by atoms with Crippen LogP contribution < -0.4 is 0 Å². The zero-order valence-electron chi connectivity index (χ0n) is 14.8. The minimum Gasteiger partial charge on any atom is -0.449 e. The monoisotopic (exact) mass is 403 g/mol. The van der Waals surface area contributed by atoms with Gasteiger partial charge in [0.1, 0.15) is 0 Å². The zero-order chi connectivity index (χ0) is 19.4. The number of carbonyl (C=O) groups excluding carboxylic acids is 2. The SMILES string of the molecule is C[C@H](OC(=O)/C=C/c1ccc(Cl)c(Cl)c1)C(=O)N1CCc2ccccc2C1. The Labute approximate surface area is 168 Å².